The van der Waals surface area contributed by atoms with E-state index in [9.17, 15) is 9.36 Å². The number of aryl methyl sites for hydroxylation is 1. The van der Waals surface area contributed by atoms with Gasteiger partial charge in [0.15, 0.2) is 6.10 Å². The molecule has 0 saturated heterocycles. The first-order chi connectivity index (χ1) is 14.6. The van der Waals surface area contributed by atoms with Gasteiger partial charge in [-0.1, -0.05) is 80.4 Å². The zero-order valence-electron chi connectivity index (χ0n) is 18.0. The summed E-state index contributed by atoms with van der Waals surface area (Å²) in [7, 11) is -3.40. The summed E-state index contributed by atoms with van der Waals surface area (Å²) in [6.45, 7) is 4.25. The zero-order chi connectivity index (χ0) is 21.7. The first-order valence-corrected chi connectivity index (χ1v) is 12.5. The van der Waals surface area contributed by atoms with Gasteiger partial charge in [-0.25, -0.2) is 4.79 Å². The fourth-order valence-corrected chi connectivity index (χ4v) is 4.90. The van der Waals surface area contributed by atoms with Gasteiger partial charge in [-0.2, -0.15) is 0 Å². The quantitative estimate of drug-likeness (QED) is 0.264. The predicted molar refractivity (Wildman–Crippen MR) is 119 cm³/mol. The molecular formula is C24H33O5P. The maximum atomic E-state index is 13.3. The van der Waals surface area contributed by atoms with Crippen molar-refractivity contribution in [3.8, 4) is 0 Å². The highest BCUT2D eigenvalue weighted by molar-refractivity contribution is 7.53. The van der Waals surface area contributed by atoms with Crippen LogP contribution in [0.15, 0.2) is 60.7 Å². The third-order valence-electron chi connectivity index (χ3n) is 4.66. The van der Waals surface area contributed by atoms with Gasteiger partial charge in [-0.3, -0.25) is 9.09 Å². The van der Waals surface area contributed by atoms with Gasteiger partial charge in [-0.15, -0.1) is 0 Å². The van der Waals surface area contributed by atoms with Crippen LogP contribution in [0.1, 0.15) is 50.7 Å². The average Bonchev–Trinajstić information content (AvgIpc) is 2.76. The summed E-state index contributed by atoms with van der Waals surface area (Å²) in [6.07, 6.45) is 2.95. The van der Waals surface area contributed by atoms with E-state index in [1.54, 1.807) is 6.92 Å². The Morgan fingerprint density at radius 1 is 0.933 bits per heavy atom. The van der Waals surface area contributed by atoms with Crippen LogP contribution in [0.3, 0.4) is 0 Å². The van der Waals surface area contributed by atoms with E-state index in [4.69, 9.17) is 13.8 Å². The Labute approximate surface area is 180 Å². The van der Waals surface area contributed by atoms with Crippen LogP contribution in [-0.4, -0.2) is 24.8 Å². The second-order valence-corrected chi connectivity index (χ2v) is 9.31. The van der Waals surface area contributed by atoms with Crippen LogP contribution < -0.4 is 0 Å². The number of ether oxygens (including phenoxy) is 1. The predicted octanol–water partition coefficient (Wildman–Crippen LogP) is 6.17. The van der Waals surface area contributed by atoms with E-state index < -0.39 is 19.7 Å². The van der Waals surface area contributed by atoms with Crippen LogP contribution >= 0.6 is 7.60 Å². The molecule has 2 aromatic carbocycles. The van der Waals surface area contributed by atoms with Crippen LogP contribution in [0.2, 0.25) is 0 Å². The van der Waals surface area contributed by atoms with Gasteiger partial charge in [0.25, 0.3) is 0 Å². The standard InChI is InChI=1S/C24H33O5P/c1-3-5-18-23(24(25)27-20-22-15-10-7-11-16-22)29-30(26,28-4-2)19-12-17-21-13-8-6-9-14-21/h6-11,13-16,23H,3-5,12,17-20H2,1-2H3/t23-,30?/m0/s1. The van der Waals surface area contributed by atoms with E-state index in [1.165, 1.54) is 5.56 Å². The number of rotatable bonds is 14. The van der Waals surface area contributed by atoms with Gasteiger partial charge >= 0.3 is 13.6 Å². The van der Waals surface area contributed by atoms with Crippen molar-refractivity contribution in [1.82, 2.24) is 0 Å². The number of carbonyl (C=O) groups is 1. The number of carbonyl (C=O) groups excluding carboxylic acids is 1. The number of unbranched alkanes of at least 4 members (excludes halogenated alkanes) is 1. The smallest absolute Gasteiger partial charge is 0.336 e. The summed E-state index contributed by atoms with van der Waals surface area (Å²) in [5.74, 6) is -0.490. The SMILES string of the molecule is CCCC[C@H](OP(=O)(CCCc1ccccc1)OCC)C(=O)OCc1ccccc1. The minimum absolute atomic E-state index is 0.165. The lowest BCUT2D eigenvalue weighted by Gasteiger charge is -2.23. The summed E-state index contributed by atoms with van der Waals surface area (Å²) >= 11 is 0. The molecule has 0 aliphatic rings. The molecule has 5 nitrogen and oxygen atoms in total. The van der Waals surface area contributed by atoms with Crippen molar-refractivity contribution in [2.45, 2.75) is 58.7 Å². The summed E-state index contributed by atoms with van der Waals surface area (Å²) in [4.78, 5) is 12.7. The lowest BCUT2D eigenvalue weighted by Crippen LogP contribution is -2.26. The second-order valence-electron chi connectivity index (χ2n) is 7.17. The zero-order valence-corrected chi connectivity index (χ0v) is 18.9. The number of esters is 1. The van der Waals surface area contributed by atoms with E-state index in [2.05, 4.69) is 0 Å². The minimum Gasteiger partial charge on any atom is -0.459 e. The molecular weight excluding hydrogens is 399 g/mol. The molecule has 2 rings (SSSR count). The summed E-state index contributed by atoms with van der Waals surface area (Å²) < 4.78 is 30.1. The van der Waals surface area contributed by atoms with Crippen molar-refractivity contribution < 1.29 is 23.1 Å². The van der Waals surface area contributed by atoms with Crippen molar-refractivity contribution >= 4 is 13.6 Å². The van der Waals surface area contributed by atoms with Crippen molar-refractivity contribution in [1.29, 1.82) is 0 Å². The highest BCUT2D eigenvalue weighted by Crippen LogP contribution is 2.50. The van der Waals surface area contributed by atoms with Crippen LogP contribution in [0.25, 0.3) is 0 Å². The largest absolute Gasteiger partial charge is 0.459 e. The van der Waals surface area contributed by atoms with Gasteiger partial charge < -0.3 is 9.26 Å². The molecule has 0 heterocycles. The molecule has 0 bridgehead atoms. The van der Waals surface area contributed by atoms with Gasteiger partial charge in [0.2, 0.25) is 0 Å². The van der Waals surface area contributed by atoms with E-state index in [0.29, 0.717) is 12.8 Å². The second kappa shape index (κ2) is 13.4. The molecule has 6 heteroatoms. The molecule has 0 aliphatic carbocycles. The monoisotopic (exact) mass is 432 g/mol. The average molecular weight is 432 g/mol. The molecule has 0 aliphatic heterocycles. The van der Waals surface area contributed by atoms with E-state index >= 15 is 0 Å². The molecule has 0 radical (unpaired) electrons. The molecule has 1 unspecified atom stereocenters. The first-order valence-electron chi connectivity index (χ1n) is 10.7. The van der Waals surface area contributed by atoms with Crippen molar-refractivity contribution in [2.75, 3.05) is 12.8 Å². The molecule has 2 aromatic rings. The van der Waals surface area contributed by atoms with Crippen molar-refractivity contribution in [3.05, 3.63) is 71.8 Å². The van der Waals surface area contributed by atoms with Crippen LogP contribution in [-0.2, 0) is 36.2 Å². The maximum absolute atomic E-state index is 13.3. The summed E-state index contributed by atoms with van der Waals surface area (Å²) in [6, 6.07) is 19.5. The molecule has 30 heavy (non-hydrogen) atoms. The number of hydrogen-bond acceptors (Lipinski definition) is 5. The van der Waals surface area contributed by atoms with Gasteiger partial charge in [0.1, 0.15) is 6.61 Å². The van der Waals surface area contributed by atoms with Gasteiger partial charge in [-0.05, 0) is 37.3 Å². The Morgan fingerprint density at radius 2 is 1.57 bits per heavy atom. The third kappa shape index (κ3) is 8.83. The Bertz CT molecular complexity index is 779. The number of hydrogen-bond donors (Lipinski definition) is 0. The van der Waals surface area contributed by atoms with Crippen molar-refractivity contribution in [2.24, 2.45) is 0 Å². The van der Waals surface area contributed by atoms with Crippen LogP contribution in [0.4, 0.5) is 0 Å². The van der Waals surface area contributed by atoms with Crippen LogP contribution in [0, 0.1) is 0 Å². The Hall–Kier alpha value is -1.94. The number of benzene rings is 2. The van der Waals surface area contributed by atoms with E-state index in [0.717, 1.165) is 24.8 Å². The third-order valence-corrected chi connectivity index (χ3v) is 6.75. The molecule has 0 amide bonds. The van der Waals surface area contributed by atoms with Gasteiger partial charge in [0.05, 0.1) is 12.8 Å². The lowest BCUT2D eigenvalue weighted by atomic mass is 10.1. The Balaban J connectivity index is 1.97. The highest BCUT2D eigenvalue weighted by atomic mass is 31.2. The molecule has 0 saturated carbocycles. The molecule has 0 N–H and O–H groups in total. The molecule has 0 fully saturated rings. The molecule has 2 atom stereocenters. The molecule has 0 spiro atoms. The fourth-order valence-electron chi connectivity index (χ4n) is 3.08. The normalized spacial score (nSPS) is 14.1. The Kier molecular flexibility index (Phi) is 10.9. The fraction of sp³-hybridized carbons (Fsp3) is 0.458. The van der Waals surface area contributed by atoms with E-state index in [1.807, 2.05) is 67.6 Å². The summed E-state index contributed by atoms with van der Waals surface area (Å²) in [5.41, 5.74) is 2.07. The minimum atomic E-state index is -3.40. The molecule has 0 aromatic heterocycles. The Morgan fingerprint density at radius 3 is 2.17 bits per heavy atom. The topological polar surface area (TPSA) is 61.8 Å². The highest BCUT2D eigenvalue weighted by Gasteiger charge is 2.32. The lowest BCUT2D eigenvalue weighted by molar-refractivity contribution is -0.154. The summed E-state index contributed by atoms with van der Waals surface area (Å²) in [5, 5.41) is 0. The van der Waals surface area contributed by atoms with Crippen LogP contribution in [0.5, 0.6) is 0 Å². The van der Waals surface area contributed by atoms with E-state index in [-0.39, 0.29) is 19.4 Å². The maximum Gasteiger partial charge on any atom is 0.336 e. The van der Waals surface area contributed by atoms with Gasteiger partial charge in [0, 0.05) is 0 Å². The van der Waals surface area contributed by atoms with Crippen molar-refractivity contribution in [3.63, 3.8) is 0 Å². The first kappa shape index (κ1) is 24.3. The molecule has 164 valence electrons.